The van der Waals surface area contributed by atoms with Crippen molar-refractivity contribution < 1.29 is 9.53 Å². The number of nitrogens with zero attached hydrogens (tertiary/aromatic N) is 1. The van der Waals surface area contributed by atoms with Crippen molar-refractivity contribution in [2.75, 3.05) is 19.7 Å². The minimum atomic E-state index is -0.0345. The fraction of sp³-hybridized carbons (Fsp3) is 0.941. The van der Waals surface area contributed by atoms with Crippen molar-refractivity contribution in [1.29, 1.82) is 0 Å². The van der Waals surface area contributed by atoms with Gasteiger partial charge in [0.1, 0.15) is 0 Å². The minimum absolute atomic E-state index is 0.0345. The van der Waals surface area contributed by atoms with Crippen LogP contribution in [-0.2, 0) is 9.53 Å². The van der Waals surface area contributed by atoms with Crippen LogP contribution in [0.15, 0.2) is 0 Å². The first-order valence-corrected chi connectivity index (χ1v) is 8.74. The van der Waals surface area contributed by atoms with Gasteiger partial charge in [-0.2, -0.15) is 0 Å². The Balaban J connectivity index is 1.89. The summed E-state index contributed by atoms with van der Waals surface area (Å²) in [6.45, 7) is 9.01. The van der Waals surface area contributed by atoms with Crippen LogP contribution in [0.2, 0.25) is 0 Å². The number of carbonyl (C=O) groups excluding carboxylic acids is 1. The van der Waals surface area contributed by atoms with Crippen LogP contribution in [0, 0.1) is 5.92 Å². The number of hydrogen-bond donors (Lipinski definition) is 1. The monoisotopic (exact) mass is 296 g/mol. The second-order valence-electron chi connectivity index (χ2n) is 7.00. The summed E-state index contributed by atoms with van der Waals surface area (Å²) in [5, 5.41) is 3.84. The Kier molecular flexibility index (Phi) is 6.49. The average Bonchev–Trinajstić information content (AvgIpc) is 2.91. The van der Waals surface area contributed by atoms with Gasteiger partial charge in [0, 0.05) is 37.6 Å². The number of ether oxygens (including phenoxy) is 1. The van der Waals surface area contributed by atoms with E-state index in [9.17, 15) is 4.79 Å². The van der Waals surface area contributed by atoms with Gasteiger partial charge >= 0.3 is 5.97 Å². The highest BCUT2D eigenvalue weighted by atomic mass is 16.5. The third-order valence-electron chi connectivity index (χ3n) is 4.88. The maximum Gasteiger partial charge on any atom is 0.306 e. The molecule has 0 aromatic carbocycles. The third kappa shape index (κ3) is 5.26. The Morgan fingerprint density at radius 3 is 2.57 bits per heavy atom. The van der Waals surface area contributed by atoms with E-state index < -0.39 is 0 Å². The van der Waals surface area contributed by atoms with Crippen LogP contribution in [0.25, 0.3) is 0 Å². The Hall–Kier alpha value is -0.610. The van der Waals surface area contributed by atoms with Crippen molar-refractivity contribution in [2.24, 2.45) is 5.92 Å². The highest BCUT2D eigenvalue weighted by molar-refractivity contribution is 5.69. The zero-order valence-corrected chi connectivity index (χ0v) is 13.9. The molecular weight excluding hydrogens is 264 g/mol. The fourth-order valence-corrected chi connectivity index (χ4v) is 3.81. The SMILES string of the molecule is CCOC(=O)CC1CC(NC2CCCC2)CN(C(C)C)C1. The summed E-state index contributed by atoms with van der Waals surface area (Å²) >= 11 is 0. The van der Waals surface area contributed by atoms with Crippen LogP contribution in [-0.4, -0.2) is 48.7 Å². The maximum atomic E-state index is 11.8. The van der Waals surface area contributed by atoms with Crippen LogP contribution in [0.4, 0.5) is 0 Å². The lowest BCUT2D eigenvalue weighted by atomic mass is 9.90. The van der Waals surface area contributed by atoms with Gasteiger partial charge < -0.3 is 10.1 Å². The number of nitrogens with one attached hydrogen (secondary N) is 1. The predicted molar refractivity (Wildman–Crippen MR) is 85.2 cm³/mol. The Morgan fingerprint density at radius 1 is 1.24 bits per heavy atom. The number of carbonyl (C=O) groups is 1. The molecule has 0 spiro atoms. The van der Waals surface area contributed by atoms with Crippen molar-refractivity contribution >= 4 is 5.97 Å². The molecule has 4 heteroatoms. The van der Waals surface area contributed by atoms with E-state index in [1.165, 1.54) is 25.7 Å². The largest absolute Gasteiger partial charge is 0.466 e. The quantitative estimate of drug-likeness (QED) is 0.765. The second kappa shape index (κ2) is 8.14. The molecule has 0 radical (unpaired) electrons. The molecule has 0 aromatic heterocycles. The number of esters is 1. The van der Waals surface area contributed by atoms with Crippen LogP contribution < -0.4 is 5.32 Å². The van der Waals surface area contributed by atoms with Gasteiger partial charge in [0.05, 0.1) is 6.61 Å². The van der Waals surface area contributed by atoms with Gasteiger partial charge in [-0.3, -0.25) is 9.69 Å². The van der Waals surface area contributed by atoms with Crippen LogP contribution in [0.3, 0.4) is 0 Å². The number of likely N-dealkylation sites (tertiary alicyclic amines) is 1. The van der Waals surface area contributed by atoms with Gasteiger partial charge in [0.25, 0.3) is 0 Å². The lowest BCUT2D eigenvalue weighted by molar-refractivity contribution is -0.144. The number of rotatable bonds is 6. The molecule has 2 atom stereocenters. The molecule has 1 saturated carbocycles. The minimum Gasteiger partial charge on any atom is -0.466 e. The highest BCUT2D eigenvalue weighted by Crippen LogP contribution is 2.25. The second-order valence-corrected chi connectivity index (χ2v) is 7.00. The molecular formula is C17H32N2O2. The zero-order chi connectivity index (χ0) is 15.2. The molecule has 1 aliphatic carbocycles. The fourth-order valence-electron chi connectivity index (χ4n) is 3.81. The molecule has 4 nitrogen and oxygen atoms in total. The van der Waals surface area contributed by atoms with E-state index in [1.54, 1.807) is 0 Å². The third-order valence-corrected chi connectivity index (χ3v) is 4.88. The summed E-state index contributed by atoms with van der Waals surface area (Å²) < 4.78 is 5.13. The maximum absolute atomic E-state index is 11.8. The van der Waals surface area contributed by atoms with E-state index in [1.807, 2.05) is 6.92 Å². The van der Waals surface area contributed by atoms with Gasteiger partial charge in [-0.1, -0.05) is 12.8 Å². The van der Waals surface area contributed by atoms with Gasteiger partial charge in [0.2, 0.25) is 0 Å². The van der Waals surface area contributed by atoms with E-state index in [4.69, 9.17) is 4.74 Å². The molecule has 2 fully saturated rings. The molecule has 21 heavy (non-hydrogen) atoms. The van der Waals surface area contributed by atoms with E-state index in [-0.39, 0.29) is 5.97 Å². The van der Waals surface area contributed by atoms with Gasteiger partial charge in [-0.05, 0) is 46.0 Å². The molecule has 2 rings (SSSR count). The first-order valence-electron chi connectivity index (χ1n) is 8.74. The normalized spacial score (nSPS) is 28.2. The van der Waals surface area contributed by atoms with Gasteiger partial charge in [0.15, 0.2) is 0 Å². The van der Waals surface area contributed by atoms with E-state index >= 15 is 0 Å². The summed E-state index contributed by atoms with van der Waals surface area (Å²) in [5.41, 5.74) is 0. The lowest BCUT2D eigenvalue weighted by Gasteiger charge is -2.41. The molecule has 1 heterocycles. The van der Waals surface area contributed by atoms with E-state index in [2.05, 4.69) is 24.1 Å². The molecule has 2 aliphatic rings. The van der Waals surface area contributed by atoms with Crippen LogP contribution >= 0.6 is 0 Å². The van der Waals surface area contributed by atoms with Gasteiger partial charge in [-0.25, -0.2) is 0 Å². The number of piperidine rings is 1. The predicted octanol–water partition coefficient (Wildman–Crippen LogP) is 2.57. The number of hydrogen-bond acceptors (Lipinski definition) is 4. The van der Waals surface area contributed by atoms with Gasteiger partial charge in [-0.15, -0.1) is 0 Å². The zero-order valence-electron chi connectivity index (χ0n) is 13.9. The molecule has 1 aliphatic heterocycles. The molecule has 1 N–H and O–H groups in total. The first kappa shape index (κ1) is 16.8. The van der Waals surface area contributed by atoms with E-state index in [0.29, 0.717) is 37.1 Å². The lowest BCUT2D eigenvalue weighted by Crippen LogP contribution is -2.53. The smallest absolute Gasteiger partial charge is 0.306 e. The standard InChI is InChI=1S/C17H32N2O2/c1-4-21-17(20)10-14-9-16(12-19(11-14)13(2)3)18-15-7-5-6-8-15/h13-16,18H,4-12H2,1-3H3. The Labute approximate surface area is 129 Å². The topological polar surface area (TPSA) is 41.6 Å². The van der Waals surface area contributed by atoms with Crippen molar-refractivity contribution in [3.63, 3.8) is 0 Å². The molecule has 2 unspecified atom stereocenters. The first-order chi connectivity index (χ1) is 10.1. The van der Waals surface area contributed by atoms with Crippen molar-refractivity contribution in [2.45, 2.75) is 77.4 Å². The Morgan fingerprint density at radius 2 is 1.95 bits per heavy atom. The summed E-state index contributed by atoms with van der Waals surface area (Å²) in [6, 6.07) is 1.77. The molecule has 1 saturated heterocycles. The summed E-state index contributed by atoms with van der Waals surface area (Å²) in [5.74, 6) is 0.395. The van der Waals surface area contributed by atoms with Crippen LogP contribution in [0.5, 0.6) is 0 Å². The molecule has 0 amide bonds. The Bertz CT molecular complexity index is 325. The average molecular weight is 296 g/mol. The summed E-state index contributed by atoms with van der Waals surface area (Å²) in [4.78, 5) is 14.3. The van der Waals surface area contributed by atoms with E-state index in [0.717, 1.165) is 19.5 Å². The molecule has 0 aromatic rings. The van der Waals surface area contributed by atoms with Crippen molar-refractivity contribution in [1.82, 2.24) is 10.2 Å². The molecule has 122 valence electrons. The van der Waals surface area contributed by atoms with Crippen LogP contribution in [0.1, 0.15) is 59.3 Å². The summed E-state index contributed by atoms with van der Waals surface area (Å²) in [7, 11) is 0. The van der Waals surface area contributed by atoms with Crippen molar-refractivity contribution in [3.8, 4) is 0 Å². The van der Waals surface area contributed by atoms with Crippen molar-refractivity contribution in [3.05, 3.63) is 0 Å². The molecule has 0 bridgehead atoms. The highest BCUT2D eigenvalue weighted by Gasteiger charge is 2.31. The summed E-state index contributed by atoms with van der Waals surface area (Å²) in [6.07, 6.45) is 7.05.